The van der Waals surface area contributed by atoms with E-state index >= 15 is 0 Å². The average Bonchev–Trinajstić information content (AvgIpc) is 2.60. The minimum Gasteiger partial charge on any atom is -0.380 e. The molecule has 0 aliphatic heterocycles. The maximum absolute atomic E-state index is 11.4. The number of hydrogen-bond donors (Lipinski definition) is 2. The van der Waals surface area contributed by atoms with Gasteiger partial charge in [-0.2, -0.15) is 0 Å². The van der Waals surface area contributed by atoms with Crippen LogP contribution < -0.4 is 4.90 Å². The SMILES string of the molecule is CC[NH+](CC)CCCC(O)(c1ccccc1)c1ccccc1. The van der Waals surface area contributed by atoms with Crippen LogP contribution in [0.25, 0.3) is 0 Å². The third kappa shape index (κ3) is 3.96. The van der Waals surface area contributed by atoms with Crippen LogP contribution >= 0.6 is 0 Å². The van der Waals surface area contributed by atoms with Crippen LogP contribution in [0.1, 0.15) is 37.8 Å². The number of benzene rings is 2. The molecule has 0 atom stereocenters. The van der Waals surface area contributed by atoms with E-state index in [0.29, 0.717) is 0 Å². The Hall–Kier alpha value is -1.64. The molecule has 2 aromatic rings. The van der Waals surface area contributed by atoms with Crippen molar-refractivity contribution in [3.8, 4) is 0 Å². The summed E-state index contributed by atoms with van der Waals surface area (Å²) in [4.78, 5) is 1.59. The van der Waals surface area contributed by atoms with Gasteiger partial charge in [-0.1, -0.05) is 60.7 Å². The molecule has 0 saturated heterocycles. The summed E-state index contributed by atoms with van der Waals surface area (Å²) in [5.74, 6) is 0. The Morgan fingerprint density at radius 1 is 0.818 bits per heavy atom. The van der Waals surface area contributed by atoms with Gasteiger partial charge in [0.25, 0.3) is 0 Å². The highest BCUT2D eigenvalue weighted by Gasteiger charge is 2.31. The van der Waals surface area contributed by atoms with Crippen LogP contribution in [0.15, 0.2) is 60.7 Å². The molecule has 0 amide bonds. The summed E-state index contributed by atoms with van der Waals surface area (Å²) in [6.07, 6.45) is 1.77. The molecule has 2 heteroatoms. The lowest BCUT2D eigenvalue weighted by molar-refractivity contribution is -0.896. The second-order valence-corrected chi connectivity index (χ2v) is 5.90. The summed E-state index contributed by atoms with van der Waals surface area (Å²) in [6, 6.07) is 20.1. The van der Waals surface area contributed by atoms with Gasteiger partial charge in [0.15, 0.2) is 0 Å². The summed E-state index contributed by atoms with van der Waals surface area (Å²) in [5, 5.41) is 11.4. The van der Waals surface area contributed by atoms with E-state index in [1.807, 2.05) is 60.7 Å². The van der Waals surface area contributed by atoms with Crippen LogP contribution in [0, 0.1) is 0 Å². The molecule has 2 rings (SSSR count). The van der Waals surface area contributed by atoms with Crippen molar-refractivity contribution in [2.75, 3.05) is 19.6 Å². The summed E-state index contributed by atoms with van der Waals surface area (Å²) in [5.41, 5.74) is 1.07. The Morgan fingerprint density at radius 3 is 1.68 bits per heavy atom. The summed E-state index contributed by atoms with van der Waals surface area (Å²) >= 11 is 0. The van der Waals surface area contributed by atoms with Gasteiger partial charge in [0.1, 0.15) is 5.60 Å². The number of quaternary nitrogens is 1. The largest absolute Gasteiger partial charge is 0.380 e. The molecule has 0 saturated carbocycles. The molecule has 0 heterocycles. The topological polar surface area (TPSA) is 24.7 Å². The van der Waals surface area contributed by atoms with Crippen LogP contribution in [0.5, 0.6) is 0 Å². The summed E-state index contributed by atoms with van der Waals surface area (Å²) < 4.78 is 0. The molecule has 2 N–H and O–H groups in total. The van der Waals surface area contributed by atoms with Gasteiger partial charge in [-0.3, -0.25) is 0 Å². The van der Waals surface area contributed by atoms with Crippen molar-refractivity contribution in [3.63, 3.8) is 0 Å². The molecule has 0 aliphatic carbocycles. The number of aliphatic hydroxyl groups is 1. The Bertz CT molecular complexity index is 495. The predicted octanol–water partition coefficient (Wildman–Crippen LogP) is 2.63. The lowest BCUT2D eigenvalue weighted by atomic mass is 9.82. The molecular formula is C20H28NO+. The van der Waals surface area contributed by atoms with Gasteiger partial charge in [0, 0.05) is 0 Å². The van der Waals surface area contributed by atoms with Crippen LogP contribution in [0.2, 0.25) is 0 Å². The number of rotatable bonds is 8. The lowest BCUT2D eigenvalue weighted by Crippen LogP contribution is -3.11. The number of hydrogen-bond acceptors (Lipinski definition) is 1. The van der Waals surface area contributed by atoms with E-state index in [9.17, 15) is 5.11 Å². The minimum atomic E-state index is -0.894. The maximum Gasteiger partial charge on any atom is 0.115 e. The smallest absolute Gasteiger partial charge is 0.115 e. The fourth-order valence-electron chi connectivity index (χ4n) is 3.08. The van der Waals surface area contributed by atoms with E-state index in [0.717, 1.165) is 43.6 Å². The normalized spacial score (nSPS) is 11.8. The Kier molecular flexibility index (Phi) is 6.17. The van der Waals surface area contributed by atoms with E-state index in [1.165, 1.54) is 0 Å². The predicted molar refractivity (Wildman–Crippen MR) is 92.0 cm³/mol. The molecule has 0 aliphatic rings. The first kappa shape index (κ1) is 16.7. The zero-order chi connectivity index (χ0) is 15.8. The van der Waals surface area contributed by atoms with Crippen molar-refractivity contribution < 1.29 is 10.0 Å². The van der Waals surface area contributed by atoms with Crippen molar-refractivity contribution in [1.82, 2.24) is 0 Å². The molecule has 118 valence electrons. The van der Waals surface area contributed by atoms with Crippen molar-refractivity contribution in [2.45, 2.75) is 32.3 Å². The van der Waals surface area contributed by atoms with Gasteiger partial charge in [-0.05, 0) is 37.8 Å². The van der Waals surface area contributed by atoms with Crippen molar-refractivity contribution >= 4 is 0 Å². The van der Waals surface area contributed by atoms with Gasteiger partial charge in [-0.25, -0.2) is 0 Å². The van der Waals surface area contributed by atoms with E-state index < -0.39 is 5.60 Å². The Balaban J connectivity index is 2.20. The van der Waals surface area contributed by atoms with Crippen molar-refractivity contribution in [1.29, 1.82) is 0 Å². The fraction of sp³-hybridized carbons (Fsp3) is 0.400. The van der Waals surface area contributed by atoms with Gasteiger partial charge < -0.3 is 10.0 Å². The maximum atomic E-state index is 11.4. The highest BCUT2D eigenvalue weighted by molar-refractivity contribution is 5.35. The lowest BCUT2D eigenvalue weighted by Gasteiger charge is -2.30. The van der Waals surface area contributed by atoms with Crippen LogP contribution in [0.3, 0.4) is 0 Å². The van der Waals surface area contributed by atoms with Crippen LogP contribution in [-0.4, -0.2) is 24.7 Å². The van der Waals surface area contributed by atoms with Gasteiger partial charge >= 0.3 is 0 Å². The van der Waals surface area contributed by atoms with Crippen molar-refractivity contribution in [2.24, 2.45) is 0 Å². The molecule has 2 aromatic carbocycles. The second kappa shape index (κ2) is 8.11. The molecule has 0 bridgehead atoms. The van der Waals surface area contributed by atoms with Crippen LogP contribution in [-0.2, 0) is 5.60 Å². The molecule has 0 unspecified atom stereocenters. The monoisotopic (exact) mass is 298 g/mol. The van der Waals surface area contributed by atoms with Crippen molar-refractivity contribution in [3.05, 3.63) is 71.8 Å². The first-order valence-corrected chi connectivity index (χ1v) is 8.37. The Labute approximate surface area is 134 Å². The standard InChI is InChI=1S/C20H27NO/c1-3-21(4-2)17-11-16-20(22,18-12-7-5-8-13-18)19-14-9-6-10-15-19/h5-10,12-15,22H,3-4,11,16-17H2,1-2H3/p+1. The van der Waals surface area contributed by atoms with E-state index in [4.69, 9.17) is 0 Å². The molecule has 22 heavy (non-hydrogen) atoms. The quantitative estimate of drug-likeness (QED) is 0.769. The van der Waals surface area contributed by atoms with E-state index in [1.54, 1.807) is 4.90 Å². The molecular weight excluding hydrogens is 270 g/mol. The first-order valence-electron chi connectivity index (χ1n) is 8.37. The summed E-state index contributed by atoms with van der Waals surface area (Å²) in [7, 11) is 0. The fourth-order valence-corrected chi connectivity index (χ4v) is 3.08. The molecule has 0 radical (unpaired) electrons. The Morgan fingerprint density at radius 2 is 1.27 bits per heavy atom. The van der Waals surface area contributed by atoms with Crippen LogP contribution in [0.4, 0.5) is 0 Å². The molecule has 2 nitrogen and oxygen atoms in total. The second-order valence-electron chi connectivity index (χ2n) is 5.90. The molecule has 0 aromatic heterocycles. The van der Waals surface area contributed by atoms with Gasteiger partial charge in [0.05, 0.1) is 19.6 Å². The van der Waals surface area contributed by atoms with Gasteiger partial charge in [-0.15, -0.1) is 0 Å². The van der Waals surface area contributed by atoms with Gasteiger partial charge in [0.2, 0.25) is 0 Å². The number of nitrogens with one attached hydrogen (secondary N) is 1. The molecule has 0 fully saturated rings. The average molecular weight is 298 g/mol. The zero-order valence-electron chi connectivity index (χ0n) is 13.8. The molecule has 0 spiro atoms. The third-order valence-corrected chi connectivity index (χ3v) is 4.57. The third-order valence-electron chi connectivity index (χ3n) is 4.57. The zero-order valence-corrected chi connectivity index (χ0v) is 13.8. The minimum absolute atomic E-state index is 0.754. The van der Waals surface area contributed by atoms with E-state index in [2.05, 4.69) is 13.8 Å². The van der Waals surface area contributed by atoms with E-state index in [-0.39, 0.29) is 0 Å². The highest BCUT2D eigenvalue weighted by atomic mass is 16.3. The highest BCUT2D eigenvalue weighted by Crippen LogP contribution is 2.33. The first-order chi connectivity index (χ1) is 10.7. The summed E-state index contributed by atoms with van der Waals surface area (Å²) in [6.45, 7) is 7.84.